The van der Waals surface area contributed by atoms with Gasteiger partial charge in [0.2, 0.25) is 6.35 Å². The van der Waals surface area contributed by atoms with Crippen LogP contribution in [0.2, 0.25) is 0 Å². The van der Waals surface area contributed by atoms with E-state index >= 15 is 0 Å². The summed E-state index contributed by atoms with van der Waals surface area (Å²) in [5.41, 5.74) is 0. The molecule has 0 aromatic heterocycles. The van der Waals surface area contributed by atoms with Crippen molar-refractivity contribution in [3.05, 3.63) is 12.4 Å². The van der Waals surface area contributed by atoms with E-state index in [4.69, 9.17) is 0 Å². The summed E-state index contributed by atoms with van der Waals surface area (Å²) in [5.74, 6) is 0. The molecule has 0 aliphatic carbocycles. The van der Waals surface area contributed by atoms with Crippen molar-refractivity contribution in [2.24, 2.45) is 0 Å². The van der Waals surface area contributed by atoms with Crippen LogP contribution in [0.25, 0.3) is 0 Å². The van der Waals surface area contributed by atoms with Gasteiger partial charge in [0.15, 0.2) is 0 Å². The second kappa shape index (κ2) is 4.78. The van der Waals surface area contributed by atoms with Crippen LogP contribution in [0.15, 0.2) is 12.4 Å². The highest BCUT2D eigenvalue weighted by Crippen LogP contribution is 2.41. The summed E-state index contributed by atoms with van der Waals surface area (Å²) in [6, 6.07) is 0. The molecule has 1 rings (SSSR count). The summed E-state index contributed by atoms with van der Waals surface area (Å²) < 4.78 is 87.9. The molecule has 0 amide bonds. The molecule has 11 heteroatoms. The molecule has 0 bridgehead atoms. The van der Waals surface area contributed by atoms with Crippen molar-refractivity contribution in [1.82, 2.24) is 9.80 Å². The fourth-order valence-electron chi connectivity index (χ4n) is 1.27. The molecule has 0 saturated carbocycles. The molecule has 0 aromatic rings. The highest BCUT2D eigenvalue weighted by Gasteiger charge is 2.69. The van der Waals surface area contributed by atoms with Crippen LogP contribution in [-0.4, -0.2) is 49.6 Å². The quantitative estimate of drug-likeness (QED) is 0.582. The number of nitrogens with zero attached hydrogens (tertiary/aromatic N) is 2. The topological polar surface area (TPSA) is 49.9 Å². The highest BCUT2D eigenvalue weighted by molar-refractivity contribution is 7.87. The van der Waals surface area contributed by atoms with Crippen molar-refractivity contribution in [1.29, 1.82) is 0 Å². The maximum absolute atomic E-state index is 12.8. The van der Waals surface area contributed by atoms with E-state index in [1.54, 1.807) is 6.92 Å². The van der Waals surface area contributed by atoms with Gasteiger partial charge < -0.3 is 9.80 Å². The van der Waals surface area contributed by atoms with Crippen LogP contribution >= 0.6 is 0 Å². The lowest BCUT2D eigenvalue weighted by Crippen LogP contribution is -2.49. The summed E-state index contributed by atoms with van der Waals surface area (Å²) in [7, 11) is -4.88. The smallest absolute Gasteiger partial charge is 0.336 e. The van der Waals surface area contributed by atoms with Gasteiger partial charge in [-0.25, -0.2) is 4.18 Å². The van der Waals surface area contributed by atoms with Gasteiger partial charge in [-0.2, -0.15) is 30.4 Å². The fourth-order valence-corrected chi connectivity index (χ4v) is 2.15. The van der Waals surface area contributed by atoms with Crippen LogP contribution in [0.1, 0.15) is 6.92 Å². The van der Waals surface area contributed by atoms with Crippen molar-refractivity contribution in [2.45, 2.75) is 24.7 Å². The van der Waals surface area contributed by atoms with Crippen molar-refractivity contribution in [3.8, 4) is 0 Å². The predicted octanol–water partition coefficient (Wildman–Crippen LogP) is 1.51. The number of hydrogen-bond acceptors (Lipinski definition) is 5. The summed E-state index contributed by atoms with van der Waals surface area (Å²) in [6.07, 6.45) is -5.21. The van der Waals surface area contributed by atoms with E-state index in [0.717, 1.165) is 9.80 Å². The second-order valence-corrected chi connectivity index (χ2v) is 5.30. The molecular formula is C8H11F5N2O3S. The van der Waals surface area contributed by atoms with Crippen LogP contribution in [0, 0.1) is 0 Å². The van der Waals surface area contributed by atoms with E-state index in [1.165, 1.54) is 19.4 Å². The Morgan fingerprint density at radius 2 is 1.74 bits per heavy atom. The minimum Gasteiger partial charge on any atom is -0.336 e. The SMILES string of the molecule is CCN1C=CN(C)C1OS(=O)(=O)C(F)(F)C(F)(F)F. The molecular weight excluding hydrogens is 299 g/mol. The second-order valence-electron chi connectivity index (χ2n) is 3.69. The number of halogens is 5. The molecule has 1 unspecified atom stereocenters. The van der Waals surface area contributed by atoms with E-state index in [0.29, 0.717) is 0 Å². The average molecular weight is 310 g/mol. The van der Waals surface area contributed by atoms with Gasteiger partial charge in [0.1, 0.15) is 0 Å². The zero-order valence-corrected chi connectivity index (χ0v) is 10.7. The van der Waals surface area contributed by atoms with Crippen LogP contribution < -0.4 is 0 Å². The minimum absolute atomic E-state index is 0.165. The largest absolute Gasteiger partial charge is 0.472 e. The maximum atomic E-state index is 12.8. The van der Waals surface area contributed by atoms with Gasteiger partial charge in [-0.1, -0.05) is 0 Å². The highest BCUT2D eigenvalue weighted by atomic mass is 32.2. The molecule has 0 N–H and O–H groups in total. The predicted molar refractivity (Wildman–Crippen MR) is 54.1 cm³/mol. The van der Waals surface area contributed by atoms with Gasteiger partial charge in [-0.3, -0.25) is 0 Å². The van der Waals surface area contributed by atoms with E-state index in [2.05, 4.69) is 4.18 Å². The minimum atomic E-state index is -6.24. The molecule has 1 heterocycles. The standard InChI is InChI=1S/C8H11F5N2O3S/c1-3-15-5-4-14(2)6(15)18-19(16,17)8(12,13)7(9,10)11/h4-6H,3H2,1-2H3. The first kappa shape index (κ1) is 16.0. The van der Waals surface area contributed by atoms with Crippen LogP contribution in [0.3, 0.4) is 0 Å². The molecule has 1 aliphatic heterocycles. The monoisotopic (exact) mass is 310 g/mol. The van der Waals surface area contributed by atoms with Crippen molar-refractivity contribution < 1.29 is 34.6 Å². The zero-order valence-electron chi connectivity index (χ0n) is 9.86. The third-order valence-electron chi connectivity index (χ3n) is 2.35. The molecule has 1 atom stereocenters. The lowest BCUT2D eigenvalue weighted by atomic mass is 10.6. The molecule has 0 aromatic carbocycles. The first-order valence-electron chi connectivity index (χ1n) is 4.97. The Labute approximate surface area is 106 Å². The first-order chi connectivity index (χ1) is 8.44. The summed E-state index contributed by atoms with van der Waals surface area (Å²) in [6.45, 7) is 1.72. The van der Waals surface area contributed by atoms with Crippen molar-refractivity contribution in [3.63, 3.8) is 0 Å². The van der Waals surface area contributed by atoms with E-state index < -0.39 is 27.9 Å². The number of rotatable bonds is 4. The third kappa shape index (κ3) is 2.76. The molecule has 0 spiro atoms. The van der Waals surface area contributed by atoms with E-state index in [1.807, 2.05) is 0 Å². The molecule has 1 aliphatic rings. The number of hydrogen-bond donors (Lipinski definition) is 0. The summed E-state index contributed by atoms with van der Waals surface area (Å²) in [5, 5.41) is -5.97. The van der Waals surface area contributed by atoms with Crippen LogP contribution in [0.4, 0.5) is 22.0 Å². The normalized spacial score (nSPS) is 21.3. The Kier molecular flexibility index (Phi) is 4.01. The Bertz CT molecular complexity index is 461. The van der Waals surface area contributed by atoms with Crippen LogP contribution in [-0.2, 0) is 14.3 Å². The van der Waals surface area contributed by atoms with Crippen molar-refractivity contribution in [2.75, 3.05) is 13.6 Å². The van der Waals surface area contributed by atoms with E-state index in [-0.39, 0.29) is 6.54 Å². The Morgan fingerprint density at radius 3 is 2.16 bits per heavy atom. The van der Waals surface area contributed by atoms with Gasteiger partial charge >= 0.3 is 21.5 Å². The lowest BCUT2D eigenvalue weighted by molar-refractivity contribution is -0.245. The zero-order chi connectivity index (χ0) is 15.1. The molecule has 0 radical (unpaired) electrons. The number of alkyl halides is 5. The summed E-state index contributed by atoms with van der Waals surface area (Å²) in [4.78, 5) is 2.19. The molecule has 0 fully saturated rings. The van der Waals surface area contributed by atoms with Gasteiger partial charge in [0.05, 0.1) is 0 Å². The Balaban J connectivity index is 2.98. The van der Waals surface area contributed by atoms with Gasteiger partial charge in [0.25, 0.3) is 0 Å². The van der Waals surface area contributed by atoms with Crippen LogP contribution in [0.5, 0.6) is 0 Å². The van der Waals surface area contributed by atoms with Gasteiger partial charge in [0, 0.05) is 26.0 Å². The molecule has 5 nitrogen and oxygen atoms in total. The van der Waals surface area contributed by atoms with E-state index in [9.17, 15) is 30.4 Å². The molecule has 112 valence electrons. The Hall–Kier alpha value is -1.10. The molecule has 0 saturated heterocycles. The fraction of sp³-hybridized carbons (Fsp3) is 0.750. The van der Waals surface area contributed by atoms with Gasteiger partial charge in [-0.05, 0) is 6.92 Å². The molecule has 19 heavy (non-hydrogen) atoms. The third-order valence-corrected chi connectivity index (χ3v) is 3.63. The first-order valence-corrected chi connectivity index (χ1v) is 6.38. The van der Waals surface area contributed by atoms with Crippen molar-refractivity contribution >= 4 is 10.1 Å². The Morgan fingerprint density at radius 1 is 1.21 bits per heavy atom. The maximum Gasteiger partial charge on any atom is 0.472 e. The lowest BCUT2D eigenvalue weighted by Gasteiger charge is -2.30. The summed E-state index contributed by atoms with van der Waals surface area (Å²) >= 11 is 0. The van der Waals surface area contributed by atoms with Gasteiger partial charge in [-0.15, -0.1) is 0 Å². The average Bonchev–Trinajstić information content (AvgIpc) is 2.57.